The van der Waals surface area contributed by atoms with E-state index in [2.05, 4.69) is 37.3 Å². The summed E-state index contributed by atoms with van der Waals surface area (Å²) in [4.78, 5) is 14.9. The standard InChI is InChI=1S/C25H25FN4OS/c1-2-31-21-9-3-18(4-10-21)15-29-11-13-30(14-12-29)24-23-22(16-32-25(23)28-17-27-24)19-5-7-20(26)8-6-19/h3-10,16-17H,2,11-15H2,1H3. The predicted octanol–water partition coefficient (Wildman–Crippen LogP) is 5.22. The van der Waals surface area contributed by atoms with E-state index in [1.807, 2.05) is 31.2 Å². The van der Waals surface area contributed by atoms with Crippen LogP contribution >= 0.6 is 11.3 Å². The first-order valence-corrected chi connectivity index (χ1v) is 11.8. The van der Waals surface area contributed by atoms with Gasteiger partial charge in [-0.1, -0.05) is 24.3 Å². The molecule has 3 heterocycles. The van der Waals surface area contributed by atoms with Gasteiger partial charge in [0.25, 0.3) is 0 Å². The molecule has 1 saturated heterocycles. The highest BCUT2D eigenvalue weighted by molar-refractivity contribution is 7.17. The maximum atomic E-state index is 13.4. The van der Waals surface area contributed by atoms with Crippen molar-refractivity contribution >= 4 is 27.4 Å². The lowest BCUT2D eigenvalue weighted by Crippen LogP contribution is -2.46. The molecule has 1 fully saturated rings. The van der Waals surface area contributed by atoms with E-state index in [4.69, 9.17) is 4.74 Å². The maximum Gasteiger partial charge on any atom is 0.141 e. The number of rotatable bonds is 6. The molecule has 4 aromatic rings. The first kappa shape index (κ1) is 20.8. The second-order valence-corrected chi connectivity index (χ2v) is 8.73. The third-order valence-electron chi connectivity index (χ3n) is 5.82. The number of hydrogen-bond donors (Lipinski definition) is 0. The highest BCUT2D eigenvalue weighted by Crippen LogP contribution is 2.38. The normalized spacial score (nSPS) is 14.8. The molecule has 0 unspecified atom stereocenters. The van der Waals surface area contributed by atoms with Gasteiger partial charge in [-0.15, -0.1) is 11.3 Å². The molecule has 2 aromatic carbocycles. The SMILES string of the molecule is CCOc1ccc(CN2CCN(c3ncnc4scc(-c5ccc(F)cc5)c34)CC2)cc1. The lowest BCUT2D eigenvalue weighted by Gasteiger charge is -2.35. The van der Waals surface area contributed by atoms with Crippen LogP contribution in [0.3, 0.4) is 0 Å². The molecule has 164 valence electrons. The van der Waals surface area contributed by atoms with Crippen molar-refractivity contribution < 1.29 is 9.13 Å². The Morgan fingerprint density at radius 2 is 1.72 bits per heavy atom. The molecule has 0 aliphatic carbocycles. The number of nitrogens with zero attached hydrogens (tertiary/aromatic N) is 4. The average molecular weight is 449 g/mol. The quantitative estimate of drug-likeness (QED) is 0.405. The summed E-state index contributed by atoms with van der Waals surface area (Å²) >= 11 is 1.61. The first-order chi connectivity index (χ1) is 15.7. The van der Waals surface area contributed by atoms with Gasteiger partial charge < -0.3 is 9.64 Å². The van der Waals surface area contributed by atoms with Crippen LogP contribution in [0.4, 0.5) is 10.2 Å². The summed E-state index contributed by atoms with van der Waals surface area (Å²) in [7, 11) is 0. The summed E-state index contributed by atoms with van der Waals surface area (Å²) in [6, 6.07) is 15.0. The van der Waals surface area contributed by atoms with Gasteiger partial charge in [0.2, 0.25) is 0 Å². The van der Waals surface area contributed by atoms with Crippen molar-refractivity contribution in [2.45, 2.75) is 13.5 Å². The van der Waals surface area contributed by atoms with Crippen molar-refractivity contribution in [2.75, 3.05) is 37.7 Å². The van der Waals surface area contributed by atoms with Crippen molar-refractivity contribution in [1.82, 2.24) is 14.9 Å². The molecule has 0 spiro atoms. The molecule has 7 heteroatoms. The van der Waals surface area contributed by atoms with Crippen molar-refractivity contribution in [3.63, 3.8) is 0 Å². The van der Waals surface area contributed by atoms with E-state index in [9.17, 15) is 4.39 Å². The molecule has 0 atom stereocenters. The smallest absolute Gasteiger partial charge is 0.141 e. The van der Waals surface area contributed by atoms with Gasteiger partial charge in [0.05, 0.1) is 12.0 Å². The second-order valence-electron chi connectivity index (χ2n) is 7.87. The molecular weight excluding hydrogens is 423 g/mol. The summed E-state index contributed by atoms with van der Waals surface area (Å²) in [5.41, 5.74) is 3.35. The lowest BCUT2D eigenvalue weighted by atomic mass is 10.1. The fourth-order valence-corrected chi connectivity index (χ4v) is 5.09. The van der Waals surface area contributed by atoms with Crippen LogP contribution in [0.2, 0.25) is 0 Å². The van der Waals surface area contributed by atoms with Crippen molar-refractivity contribution in [3.05, 3.63) is 71.6 Å². The molecule has 5 rings (SSSR count). The number of piperazine rings is 1. The second kappa shape index (κ2) is 9.22. The molecular formula is C25H25FN4OS. The fourth-order valence-electron chi connectivity index (χ4n) is 4.17. The molecule has 0 saturated carbocycles. The summed E-state index contributed by atoms with van der Waals surface area (Å²) in [6.45, 7) is 7.36. The number of ether oxygens (including phenoxy) is 1. The number of anilines is 1. The number of fused-ring (bicyclic) bond motifs is 1. The van der Waals surface area contributed by atoms with Crippen molar-refractivity contribution in [1.29, 1.82) is 0 Å². The van der Waals surface area contributed by atoms with Crippen LogP contribution in [0.5, 0.6) is 5.75 Å². The summed E-state index contributed by atoms with van der Waals surface area (Å²) in [5.74, 6) is 1.66. The molecule has 5 nitrogen and oxygen atoms in total. The van der Waals surface area contributed by atoms with Crippen LogP contribution in [-0.2, 0) is 6.54 Å². The largest absolute Gasteiger partial charge is 0.494 e. The topological polar surface area (TPSA) is 41.5 Å². The van der Waals surface area contributed by atoms with Gasteiger partial charge in [-0.25, -0.2) is 14.4 Å². The van der Waals surface area contributed by atoms with Gasteiger partial charge in [-0.3, -0.25) is 4.90 Å². The van der Waals surface area contributed by atoms with E-state index in [0.717, 1.165) is 65.6 Å². The lowest BCUT2D eigenvalue weighted by molar-refractivity contribution is 0.249. The van der Waals surface area contributed by atoms with Gasteiger partial charge in [-0.05, 0) is 42.3 Å². The van der Waals surface area contributed by atoms with Crippen LogP contribution in [-0.4, -0.2) is 47.7 Å². The van der Waals surface area contributed by atoms with Crippen molar-refractivity contribution in [3.8, 4) is 16.9 Å². The van der Waals surface area contributed by atoms with Crippen molar-refractivity contribution in [2.24, 2.45) is 0 Å². The van der Waals surface area contributed by atoms with Gasteiger partial charge in [0, 0.05) is 43.7 Å². The predicted molar refractivity (Wildman–Crippen MR) is 128 cm³/mol. The van der Waals surface area contributed by atoms with Crippen LogP contribution in [0.25, 0.3) is 21.3 Å². The highest BCUT2D eigenvalue weighted by atomic mass is 32.1. The third-order valence-corrected chi connectivity index (χ3v) is 6.70. The Morgan fingerprint density at radius 3 is 2.44 bits per heavy atom. The highest BCUT2D eigenvalue weighted by Gasteiger charge is 2.22. The molecule has 0 radical (unpaired) electrons. The first-order valence-electron chi connectivity index (χ1n) is 10.9. The van der Waals surface area contributed by atoms with Crippen LogP contribution in [0, 0.1) is 5.82 Å². The molecule has 1 aliphatic heterocycles. The van der Waals surface area contributed by atoms with Crippen LogP contribution in [0.1, 0.15) is 12.5 Å². The molecule has 2 aromatic heterocycles. The minimum absolute atomic E-state index is 0.228. The average Bonchev–Trinajstić information content (AvgIpc) is 3.26. The molecule has 1 aliphatic rings. The van der Waals surface area contributed by atoms with Gasteiger partial charge in [-0.2, -0.15) is 0 Å². The van der Waals surface area contributed by atoms with E-state index < -0.39 is 0 Å². The maximum absolute atomic E-state index is 13.4. The minimum Gasteiger partial charge on any atom is -0.494 e. The van der Waals surface area contributed by atoms with Crippen LogP contribution < -0.4 is 9.64 Å². The number of halogens is 1. The van der Waals surface area contributed by atoms with E-state index in [1.54, 1.807) is 17.7 Å². The Kier molecular flexibility index (Phi) is 6.01. The zero-order chi connectivity index (χ0) is 21.9. The number of thiophene rings is 1. The number of benzene rings is 2. The Bertz CT molecular complexity index is 1190. The summed E-state index contributed by atoms with van der Waals surface area (Å²) in [5, 5.41) is 3.15. The zero-order valence-corrected chi connectivity index (χ0v) is 18.8. The number of aromatic nitrogens is 2. The Hall–Kier alpha value is -3.03. The fraction of sp³-hybridized carbons (Fsp3) is 0.280. The summed E-state index contributed by atoms with van der Waals surface area (Å²) < 4.78 is 19.0. The molecule has 0 amide bonds. The van der Waals surface area contributed by atoms with Gasteiger partial charge >= 0.3 is 0 Å². The van der Waals surface area contributed by atoms with Gasteiger partial charge in [0.15, 0.2) is 0 Å². The van der Waals surface area contributed by atoms with E-state index in [1.165, 1.54) is 17.7 Å². The van der Waals surface area contributed by atoms with Crippen LogP contribution in [0.15, 0.2) is 60.2 Å². The minimum atomic E-state index is -0.228. The molecule has 0 bridgehead atoms. The van der Waals surface area contributed by atoms with E-state index in [-0.39, 0.29) is 5.82 Å². The van der Waals surface area contributed by atoms with E-state index in [0.29, 0.717) is 6.61 Å². The number of hydrogen-bond acceptors (Lipinski definition) is 6. The molecule has 0 N–H and O–H groups in total. The Labute approximate surface area is 191 Å². The Balaban J connectivity index is 1.32. The zero-order valence-electron chi connectivity index (χ0n) is 18.0. The summed E-state index contributed by atoms with van der Waals surface area (Å²) in [6.07, 6.45) is 1.65. The third kappa shape index (κ3) is 4.31. The van der Waals surface area contributed by atoms with E-state index >= 15 is 0 Å². The Morgan fingerprint density at radius 1 is 0.969 bits per heavy atom. The monoisotopic (exact) mass is 448 g/mol. The molecule has 32 heavy (non-hydrogen) atoms. The van der Waals surface area contributed by atoms with Gasteiger partial charge in [0.1, 0.15) is 28.5 Å².